The second-order valence-electron chi connectivity index (χ2n) is 7.84. The van der Waals surface area contributed by atoms with E-state index >= 15 is 0 Å². The standard InChI is InChI=1S/C23H28N4O3/c1-16(28)26-20(13-17-14-24-19-8-3-2-7-18(17)19)23(29)25-15-21(22-9-6-12-30-22)27-10-4-5-11-27/h2-3,6-9,12,14,20-21,24H,4-5,10-11,13,15H2,1H3,(H,25,29)(H,26,28). The van der Waals surface area contributed by atoms with Gasteiger partial charge in [0.05, 0.1) is 12.3 Å². The van der Waals surface area contributed by atoms with E-state index in [1.807, 2.05) is 42.6 Å². The van der Waals surface area contributed by atoms with Gasteiger partial charge in [-0.3, -0.25) is 14.5 Å². The van der Waals surface area contributed by atoms with E-state index in [4.69, 9.17) is 4.42 Å². The SMILES string of the molecule is CC(=O)NC(Cc1c[nH]c2ccccc12)C(=O)NCC(c1ccco1)N1CCCC1. The third kappa shape index (κ3) is 4.57. The first-order valence-electron chi connectivity index (χ1n) is 10.5. The van der Waals surface area contributed by atoms with Crippen LogP contribution in [-0.4, -0.2) is 47.4 Å². The minimum absolute atomic E-state index is 0.00230. The van der Waals surface area contributed by atoms with Gasteiger partial charge in [0.25, 0.3) is 0 Å². The van der Waals surface area contributed by atoms with E-state index in [0.29, 0.717) is 13.0 Å². The minimum atomic E-state index is -0.641. The number of fused-ring (bicyclic) bond motifs is 1. The molecule has 158 valence electrons. The lowest BCUT2D eigenvalue weighted by atomic mass is 10.0. The average molecular weight is 409 g/mol. The number of para-hydroxylation sites is 1. The molecule has 2 unspecified atom stereocenters. The molecule has 0 radical (unpaired) electrons. The predicted octanol–water partition coefficient (Wildman–Crippen LogP) is 2.76. The lowest BCUT2D eigenvalue weighted by molar-refractivity contribution is -0.128. The zero-order valence-corrected chi connectivity index (χ0v) is 17.2. The van der Waals surface area contributed by atoms with Crippen molar-refractivity contribution in [1.29, 1.82) is 0 Å². The summed E-state index contributed by atoms with van der Waals surface area (Å²) in [4.78, 5) is 30.4. The van der Waals surface area contributed by atoms with Crippen molar-refractivity contribution in [1.82, 2.24) is 20.5 Å². The monoisotopic (exact) mass is 408 g/mol. The van der Waals surface area contributed by atoms with Gasteiger partial charge in [0.1, 0.15) is 11.8 Å². The van der Waals surface area contributed by atoms with Crippen LogP contribution in [0.15, 0.2) is 53.3 Å². The molecule has 0 bridgehead atoms. The van der Waals surface area contributed by atoms with Crippen LogP contribution in [0, 0.1) is 0 Å². The Kier molecular flexibility index (Phi) is 6.18. The number of aromatic nitrogens is 1. The van der Waals surface area contributed by atoms with Crippen LogP contribution in [0.2, 0.25) is 0 Å². The van der Waals surface area contributed by atoms with Gasteiger partial charge in [-0.05, 0) is 49.7 Å². The maximum absolute atomic E-state index is 13.0. The first kappa shape index (κ1) is 20.2. The molecule has 1 aromatic carbocycles. The Hall–Kier alpha value is -3.06. The summed E-state index contributed by atoms with van der Waals surface area (Å²) < 4.78 is 5.63. The number of nitrogens with zero attached hydrogens (tertiary/aromatic N) is 1. The predicted molar refractivity (Wildman–Crippen MR) is 115 cm³/mol. The molecule has 0 saturated carbocycles. The molecule has 1 saturated heterocycles. The van der Waals surface area contributed by atoms with E-state index in [1.165, 1.54) is 6.92 Å². The number of furan rings is 1. The van der Waals surface area contributed by atoms with E-state index in [-0.39, 0.29) is 17.9 Å². The molecule has 7 nitrogen and oxygen atoms in total. The number of carbonyl (C=O) groups is 2. The Morgan fingerprint density at radius 2 is 1.97 bits per heavy atom. The number of rotatable bonds is 8. The molecule has 7 heteroatoms. The van der Waals surface area contributed by atoms with Crippen molar-refractivity contribution in [3.8, 4) is 0 Å². The number of benzene rings is 1. The van der Waals surface area contributed by atoms with Crippen LogP contribution in [-0.2, 0) is 16.0 Å². The van der Waals surface area contributed by atoms with Gasteiger partial charge in [0, 0.05) is 37.0 Å². The van der Waals surface area contributed by atoms with Gasteiger partial charge in [0.15, 0.2) is 0 Å². The second kappa shape index (κ2) is 9.17. The number of aromatic amines is 1. The Balaban J connectivity index is 1.47. The van der Waals surface area contributed by atoms with Gasteiger partial charge in [-0.2, -0.15) is 0 Å². The van der Waals surface area contributed by atoms with Crippen LogP contribution in [0.5, 0.6) is 0 Å². The number of hydrogen-bond donors (Lipinski definition) is 3. The molecule has 3 N–H and O–H groups in total. The first-order chi connectivity index (χ1) is 14.6. The number of amides is 2. The number of likely N-dealkylation sites (tertiary alicyclic amines) is 1. The van der Waals surface area contributed by atoms with E-state index in [1.54, 1.807) is 6.26 Å². The van der Waals surface area contributed by atoms with E-state index in [0.717, 1.165) is 48.2 Å². The molecule has 1 fully saturated rings. The van der Waals surface area contributed by atoms with E-state index in [9.17, 15) is 9.59 Å². The van der Waals surface area contributed by atoms with Crippen molar-refractivity contribution < 1.29 is 14.0 Å². The molecular formula is C23H28N4O3. The summed E-state index contributed by atoms with van der Waals surface area (Å²) in [7, 11) is 0. The summed E-state index contributed by atoms with van der Waals surface area (Å²) in [6.45, 7) is 3.86. The highest BCUT2D eigenvalue weighted by Gasteiger charge is 2.28. The summed E-state index contributed by atoms with van der Waals surface area (Å²) >= 11 is 0. The third-order valence-electron chi connectivity index (χ3n) is 5.72. The molecular weight excluding hydrogens is 380 g/mol. The lowest BCUT2D eigenvalue weighted by Crippen LogP contribution is -2.49. The van der Waals surface area contributed by atoms with Gasteiger partial charge in [-0.1, -0.05) is 18.2 Å². The number of H-pyrrole nitrogens is 1. The Labute approximate surface area is 175 Å². The van der Waals surface area contributed by atoms with Crippen molar-refractivity contribution in [2.24, 2.45) is 0 Å². The number of carbonyl (C=O) groups excluding carboxylic acids is 2. The molecule has 3 heterocycles. The molecule has 2 atom stereocenters. The molecule has 1 aliphatic heterocycles. The van der Waals surface area contributed by atoms with Crippen LogP contribution < -0.4 is 10.6 Å². The highest BCUT2D eigenvalue weighted by molar-refractivity contribution is 5.89. The second-order valence-corrected chi connectivity index (χ2v) is 7.84. The van der Waals surface area contributed by atoms with Crippen molar-refractivity contribution in [2.45, 2.75) is 38.3 Å². The van der Waals surface area contributed by atoms with E-state index < -0.39 is 6.04 Å². The fourth-order valence-corrected chi connectivity index (χ4v) is 4.24. The summed E-state index contributed by atoms with van der Waals surface area (Å²) in [5.74, 6) is 0.438. The van der Waals surface area contributed by atoms with Crippen LogP contribution >= 0.6 is 0 Å². The first-order valence-corrected chi connectivity index (χ1v) is 10.5. The lowest BCUT2D eigenvalue weighted by Gasteiger charge is -2.27. The Morgan fingerprint density at radius 3 is 2.70 bits per heavy atom. The minimum Gasteiger partial charge on any atom is -0.468 e. The Bertz CT molecular complexity index is 989. The maximum atomic E-state index is 13.0. The summed E-state index contributed by atoms with van der Waals surface area (Å²) in [6.07, 6.45) is 6.30. The van der Waals surface area contributed by atoms with Crippen LogP contribution in [0.4, 0.5) is 0 Å². The molecule has 2 aromatic heterocycles. The largest absolute Gasteiger partial charge is 0.468 e. The number of hydrogen-bond acceptors (Lipinski definition) is 4. The third-order valence-corrected chi connectivity index (χ3v) is 5.72. The fraction of sp³-hybridized carbons (Fsp3) is 0.391. The van der Waals surface area contributed by atoms with Gasteiger partial charge in [-0.15, -0.1) is 0 Å². The average Bonchev–Trinajstić information content (AvgIpc) is 3.50. The normalized spacial score (nSPS) is 16.4. The topological polar surface area (TPSA) is 90.4 Å². The molecule has 2 amide bonds. The quantitative estimate of drug-likeness (QED) is 0.535. The van der Waals surface area contributed by atoms with Gasteiger partial charge >= 0.3 is 0 Å². The van der Waals surface area contributed by atoms with Crippen LogP contribution in [0.1, 0.15) is 37.1 Å². The van der Waals surface area contributed by atoms with Crippen LogP contribution in [0.3, 0.4) is 0 Å². The summed E-state index contributed by atoms with van der Waals surface area (Å²) in [6, 6.07) is 11.1. The van der Waals surface area contributed by atoms with Gasteiger partial charge < -0.3 is 20.0 Å². The van der Waals surface area contributed by atoms with Crippen molar-refractivity contribution >= 4 is 22.7 Å². The van der Waals surface area contributed by atoms with Crippen LogP contribution in [0.25, 0.3) is 10.9 Å². The fourth-order valence-electron chi connectivity index (χ4n) is 4.24. The highest BCUT2D eigenvalue weighted by Crippen LogP contribution is 2.25. The molecule has 30 heavy (non-hydrogen) atoms. The zero-order valence-electron chi connectivity index (χ0n) is 17.2. The highest BCUT2D eigenvalue weighted by atomic mass is 16.3. The summed E-state index contributed by atoms with van der Waals surface area (Å²) in [5.41, 5.74) is 2.02. The molecule has 1 aliphatic rings. The van der Waals surface area contributed by atoms with E-state index in [2.05, 4.69) is 20.5 Å². The maximum Gasteiger partial charge on any atom is 0.242 e. The zero-order chi connectivity index (χ0) is 20.9. The van der Waals surface area contributed by atoms with Crippen molar-refractivity contribution in [3.63, 3.8) is 0 Å². The molecule has 0 spiro atoms. The van der Waals surface area contributed by atoms with Gasteiger partial charge in [-0.25, -0.2) is 0 Å². The van der Waals surface area contributed by atoms with Crippen molar-refractivity contribution in [3.05, 3.63) is 60.2 Å². The van der Waals surface area contributed by atoms with Gasteiger partial charge in [0.2, 0.25) is 11.8 Å². The smallest absolute Gasteiger partial charge is 0.242 e. The number of nitrogens with one attached hydrogen (secondary N) is 3. The Morgan fingerprint density at radius 1 is 1.17 bits per heavy atom. The molecule has 3 aromatic rings. The summed E-state index contributed by atoms with van der Waals surface area (Å²) in [5, 5.41) is 6.92. The van der Waals surface area contributed by atoms with Crippen molar-refractivity contribution in [2.75, 3.05) is 19.6 Å². The molecule has 0 aliphatic carbocycles. The molecule has 4 rings (SSSR count).